The summed E-state index contributed by atoms with van der Waals surface area (Å²) in [7, 11) is -3.72. The number of hydrogen-bond donors (Lipinski definition) is 1. The van der Waals surface area contributed by atoms with Crippen LogP contribution in [0.5, 0.6) is 0 Å². The highest BCUT2D eigenvalue weighted by Gasteiger charge is 2.46. The van der Waals surface area contributed by atoms with Gasteiger partial charge in [0.25, 0.3) is 10.0 Å². The lowest BCUT2D eigenvalue weighted by molar-refractivity contribution is -0.132. The molecule has 2 fully saturated rings. The first kappa shape index (κ1) is 21.4. The van der Waals surface area contributed by atoms with E-state index in [1.165, 1.54) is 24.2 Å². The average molecular weight is 464 g/mol. The van der Waals surface area contributed by atoms with Crippen molar-refractivity contribution in [3.63, 3.8) is 0 Å². The van der Waals surface area contributed by atoms with E-state index in [-0.39, 0.29) is 22.5 Å². The number of nitrogens with zero attached hydrogens (tertiary/aromatic N) is 4. The molecule has 1 N–H and O–H groups in total. The van der Waals surface area contributed by atoms with Gasteiger partial charge in [-0.2, -0.15) is 0 Å². The highest BCUT2D eigenvalue weighted by atomic mass is 32.2. The zero-order valence-electron chi connectivity index (χ0n) is 18.0. The second-order valence-corrected chi connectivity index (χ2v) is 10.0. The summed E-state index contributed by atoms with van der Waals surface area (Å²) in [5.41, 5.74) is 2.19. The van der Waals surface area contributed by atoms with Gasteiger partial charge in [0.1, 0.15) is 12.1 Å². The van der Waals surface area contributed by atoms with Crippen LogP contribution in [0.4, 0.5) is 11.5 Å². The molecule has 5 rings (SSSR count). The first-order valence-corrected chi connectivity index (χ1v) is 12.5. The minimum atomic E-state index is -3.72. The molecule has 2 aromatic carbocycles. The van der Waals surface area contributed by atoms with Gasteiger partial charge in [-0.25, -0.2) is 18.4 Å². The van der Waals surface area contributed by atoms with Crippen LogP contribution in [0.25, 0.3) is 0 Å². The van der Waals surface area contributed by atoms with E-state index >= 15 is 0 Å². The van der Waals surface area contributed by atoms with E-state index in [1.54, 1.807) is 24.3 Å². The van der Waals surface area contributed by atoms with Gasteiger partial charge in [-0.3, -0.25) is 9.52 Å². The Morgan fingerprint density at radius 2 is 1.67 bits per heavy atom. The van der Waals surface area contributed by atoms with E-state index in [1.807, 2.05) is 23.1 Å². The van der Waals surface area contributed by atoms with E-state index < -0.39 is 10.0 Å². The lowest BCUT2D eigenvalue weighted by Gasteiger charge is -2.36. The second kappa shape index (κ2) is 8.82. The molecule has 3 aromatic rings. The molecule has 0 bridgehead atoms. The van der Waals surface area contributed by atoms with Crippen LogP contribution in [0.2, 0.25) is 0 Å². The largest absolute Gasteiger partial charge is 0.368 e. The highest BCUT2D eigenvalue weighted by Crippen LogP contribution is 2.48. The molecular weight excluding hydrogens is 438 g/mol. The Kier molecular flexibility index (Phi) is 5.72. The standard InChI is InChI=1S/C24H25N5O3S/c30-24(22-16-21(22)18-4-2-1-3-5-18)29-14-12-28(13-15-29)19-6-8-20(9-7-19)33(31,32)27-23-10-11-25-17-26-23/h1-11,17,21-22H,12-16H2,(H,25,26,27)/t21-,22-/m0/s1. The Morgan fingerprint density at radius 3 is 2.33 bits per heavy atom. The zero-order valence-corrected chi connectivity index (χ0v) is 18.9. The molecule has 2 heterocycles. The topological polar surface area (TPSA) is 95.5 Å². The molecule has 1 aromatic heterocycles. The van der Waals surface area contributed by atoms with E-state index in [9.17, 15) is 13.2 Å². The lowest BCUT2D eigenvalue weighted by Crippen LogP contribution is -2.49. The van der Waals surface area contributed by atoms with Crippen LogP contribution in [0, 0.1) is 5.92 Å². The van der Waals surface area contributed by atoms with Gasteiger partial charge in [-0.05, 0) is 48.2 Å². The number of amides is 1. The van der Waals surface area contributed by atoms with E-state index in [0.717, 1.165) is 25.2 Å². The summed E-state index contributed by atoms with van der Waals surface area (Å²) in [5, 5.41) is 0. The van der Waals surface area contributed by atoms with Crippen molar-refractivity contribution in [1.29, 1.82) is 0 Å². The third-order valence-electron chi connectivity index (χ3n) is 6.26. The van der Waals surface area contributed by atoms with Crippen molar-refractivity contribution >= 4 is 27.4 Å². The third-order valence-corrected chi connectivity index (χ3v) is 7.63. The maximum atomic E-state index is 12.9. The summed E-state index contributed by atoms with van der Waals surface area (Å²) in [6.07, 6.45) is 3.70. The van der Waals surface area contributed by atoms with Crippen LogP contribution in [0.15, 0.2) is 78.1 Å². The van der Waals surface area contributed by atoms with Gasteiger partial charge >= 0.3 is 0 Å². The van der Waals surface area contributed by atoms with Crippen LogP contribution in [0.1, 0.15) is 17.9 Å². The first-order valence-electron chi connectivity index (χ1n) is 11.0. The van der Waals surface area contributed by atoms with Crippen LogP contribution in [0.3, 0.4) is 0 Å². The highest BCUT2D eigenvalue weighted by molar-refractivity contribution is 7.92. The van der Waals surface area contributed by atoms with Crippen molar-refractivity contribution in [3.8, 4) is 0 Å². The molecule has 0 spiro atoms. The van der Waals surface area contributed by atoms with Crippen molar-refractivity contribution in [2.45, 2.75) is 17.2 Å². The SMILES string of the molecule is O=C([C@H]1C[C@H]1c1ccccc1)N1CCN(c2ccc(S(=O)(=O)Nc3ccncn3)cc2)CC1. The molecule has 1 saturated heterocycles. The van der Waals surface area contributed by atoms with Crippen molar-refractivity contribution in [3.05, 3.63) is 78.8 Å². The molecule has 1 saturated carbocycles. The molecule has 8 nitrogen and oxygen atoms in total. The fraction of sp³-hybridized carbons (Fsp3) is 0.292. The van der Waals surface area contributed by atoms with Gasteiger partial charge in [0, 0.05) is 44.0 Å². The Bertz CT molecular complexity index is 1210. The average Bonchev–Trinajstić information content (AvgIpc) is 3.66. The van der Waals surface area contributed by atoms with Crippen LogP contribution in [-0.4, -0.2) is 55.4 Å². The normalized spacial score (nSPS) is 20.4. The van der Waals surface area contributed by atoms with Crippen LogP contribution in [-0.2, 0) is 14.8 Å². The fourth-order valence-electron chi connectivity index (χ4n) is 4.34. The summed E-state index contributed by atoms with van der Waals surface area (Å²) in [6.45, 7) is 2.79. The number of carbonyl (C=O) groups is 1. The van der Waals surface area contributed by atoms with E-state index in [2.05, 4.69) is 31.7 Å². The third kappa shape index (κ3) is 4.68. The van der Waals surface area contributed by atoms with Crippen LogP contribution < -0.4 is 9.62 Å². The summed E-state index contributed by atoms with van der Waals surface area (Å²) < 4.78 is 27.6. The number of rotatable bonds is 6. The van der Waals surface area contributed by atoms with Gasteiger partial charge in [-0.15, -0.1) is 0 Å². The van der Waals surface area contributed by atoms with Gasteiger partial charge < -0.3 is 9.80 Å². The zero-order chi connectivity index (χ0) is 22.8. The number of nitrogens with one attached hydrogen (secondary N) is 1. The fourth-order valence-corrected chi connectivity index (χ4v) is 5.35. The number of sulfonamides is 1. The van der Waals surface area contributed by atoms with E-state index in [4.69, 9.17) is 0 Å². The molecule has 1 aliphatic heterocycles. The Balaban J connectivity index is 1.17. The molecule has 2 aliphatic rings. The molecule has 1 aliphatic carbocycles. The predicted molar refractivity (Wildman–Crippen MR) is 125 cm³/mol. The van der Waals surface area contributed by atoms with Gasteiger partial charge in [0.05, 0.1) is 4.90 Å². The Morgan fingerprint density at radius 1 is 0.939 bits per heavy atom. The minimum Gasteiger partial charge on any atom is -0.368 e. The van der Waals surface area contributed by atoms with Crippen LogP contribution >= 0.6 is 0 Å². The molecule has 0 radical (unpaired) electrons. The molecular formula is C24H25N5O3S. The van der Waals surface area contributed by atoms with Crippen molar-refractivity contribution in [2.75, 3.05) is 35.8 Å². The Hall–Kier alpha value is -3.46. The monoisotopic (exact) mass is 463 g/mol. The van der Waals surface area contributed by atoms with Crippen molar-refractivity contribution < 1.29 is 13.2 Å². The predicted octanol–water partition coefficient (Wildman–Crippen LogP) is 2.73. The lowest BCUT2D eigenvalue weighted by atomic mass is 10.1. The maximum Gasteiger partial charge on any atom is 0.263 e. The number of benzene rings is 2. The summed E-state index contributed by atoms with van der Waals surface area (Å²) >= 11 is 0. The minimum absolute atomic E-state index is 0.103. The van der Waals surface area contributed by atoms with Gasteiger partial charge in [0.15, 0.2) is 0 Å². The van der Waals surface area contributed by atoms with Gasteiger partial charge in [0.2, 0.25) is 5.91 Å². The quantitative estimate of drug-likeness (QED) is 0.604. The summed E-state index contributed by atoms with van der Waals surface area (Å²) in [6, 6.07) is 18.5. The molecule has 2 atom stereocenters. The number of piperazine rings is 1. The van der Waals surface area contributed by atoms with Gasteiger partial charge in [-0.1, -0.05) is 30.3 Å². The number of aromatic nitrogens is 2. The molecule has 0 unspecified atom stereocenters. The maximum absolute atomic E-state index is 12.9. The second-order valence-electron chi connectivity index (χ2n) is 8.37. The summed E-state index contributed by atoms with van der Waals surface area (Å²) in [5.74, 6) is 0.925. The first-order chi connectivity index (χ1) is 16.0. The smallest absolute Gasteiger partial charge is 0.263 e. The van der Waals surface area contributed by atoms with Crippen molar-refractivity contribution in [1.82, 2.24) is 14.9 Å². The van der Waals surface area contributed by atoms with Crippen molar-refractivity contribution in [2.24, 2.45) is 5.92 Å². The Labute approximate surface area is 193 Å². The molecule has 33 heavy (non-hydrogen) atoms. The summed E-state index contributed by atoms with van der Waals surface area (Å²) in [4.78, 5) is 24.9. The molecule has 170 valence electrons. The molecule has 9 heteroatoms. The number of hydrogen-bond acceptors (Lipinski definition) is 6. The molecule has 1 amide bonds. The number of anilines is 2. The van der Waals surface area contributed by atoms with E-state index in [0.29, 0.717) is 19.0 Å². The number of carbonyl (C=O) groups excluding carboxylic acids is 1.